The van der Waals surface area contributed by atoms with Crippen LogP contribution in [-0.2, 0) is 6.54 Å². The van der Waals surface area contributed by atoms with Crippen LogP contribution in [0.15, 0.2) is 105 Å². The van der Waals surface area contributed by atoms with Gasteiger partial charge >= 0.3 is 6.03 Å². The van der Waals surface area contributed by atoms with Crippen molar-refractivity contribution in [1.82, 2.24) is 14.5 Å². The molecule has 8 heteroatoms. The standard InChI is InChI=1S/C29H25BrN4O3/c1-19-8-5-11-23(16-19)34-27(32-26-14-4-3-13-25(26)28(34)35)20(2)33(18-24-12-7-15-37-24)29(36)31-22-10-6-9-21(30)17-22/h3-17,20H,18H2,1-2H3,(H,31,36). The summed E-state index contributed by atoms with van der Waals surface area (Å²) in [6, 6.07) is 25.0. The molecule has 1 N–H and O–H groups in total. The van der Waals surface area contributed by atoms with Gasteiger partial charge < -0.3 is 14.6 Å². The zero-order valence-electron chi connectivity index (χ0n) is 20.4. The Balaban J connectivity index is 1.64. The number of aryl methyl sites for hydroxylation is 1. The number of carbonyl (C=O) groups is 1. The van der Waals surface area contributed by atoms with Gasteiger partial charge in [-0.1, -0.05) is 46.3 Å². The van der Waals surface area contributed by atoms with Gasteiger partial charge in [0.25, 0.3) is 5.56 Å². The van der Waals surface area contributed by atoms with Gasteiger partial charge in [0, 0.05) is 10.2 Å². The Morgan fingerprint density at radius 2 is 1.86 bits per heavy atom. The van der Waals surface area contributed by atoms with Crippen molar-refractivity contribution in [2.24, 2.45) is 0 Å². The number of nitrogens with zero attached hydrogens (tertiary/aromatic N) is 3. The van der Waals surface area contributed by atoms with Crippen LogP contribution in [0.3, 0.4) is 0 Å². The average molecular weight is 557 g/mol. The Morgan fingerprint density at radius 1 is 1.05 bits per heavy atom. The molecule has 0 saturated heterocycles. The van der Waals surface area contributed by atoms with Gasteiger partial charge in [0.05, 0.1) is 35.4 Å². The van der Waals surface area contributed by atoms with E-state index in [9.17, 15) is 9.59 Å². The van der Waals surface area contributed by atoms with E-state index in [1.807, 2.05) is 86.6 Å². The molecule has 0 spiro atoms. The van der Waals surface area contributed by atoms with E-state index in [0.717, 1.165) is 10.0 Å². The topological polar surface area (TPSA) is 80.4 Å². The first kappa shape index (κ1) is 24.5. The van der Waals surface area contributed by atoms with Crippen LogP contribution in [-0.4, -0.2) is 20.5 Å². The predicted octanol–water partition coefficient (Wildman–Crippen LogP) is 6.84. The van der Waals surface area contributed by atoms with Crippen LogP contribution in [0.5, 0.6) is 0 Å². The molecule has 1 atom stereocenters. The van der Waals surface area contributed by atoms with Crippen molar-refractivity contribution < 1.29 is 9.21 Å². The Hall–Kier alpha value is -4.17. The van der Waals surface area contributed by atoms with E-state index < -0.39 is 6.04 Å². The zero-order valence-corrected chi connectivity index (χ0v) is 22.0. The number of carbonyl (C=O) groups excluding carboxylic acids is 1. The largest absolute Gasteiger partial charge is 0.467 e. The van der Waals surface area contributed by atoms with Crippen LogP contribution in [0.25, 0.3) is 16.6 Å². The predicted molar refractivity (Wildman–Crippen MR) is 148 cm³/mol. The fraction of sp³-hybridized carbons (Fsp3) is 0.138. The summed E-state index contributed by atoms with van der Waals surface area (Å²) < 4.78 is 8.02. The molecule has 0 aliphatic heterocycles. The van der Waals surface area contributed by atoms with Gasteiger partial charge in [-0.2, -0.15) is 0 Å². The molecule has 0 bridgehead atoms. The van der Waals surface area contributed by atoms with Crippen molar-refractivity contribution in [3.8, 4) is 5.69 Å². The third kappa shape index (κ3) is 5.20. The highest BCUT2D eigenvalue weighted by atomic mass is 79.9. The lowest BCUT2D eigenvalue weighted by Gasteiger charge is -2.30. The highest BCUT2D eigenvalue weighted by Crippen LogP contribution is 2.26. The molecular formula is C29H25BrN4O3. The Morgan fingerprint density at radius 3 is 2.62 bits per heavy atom. The number of urea groups is 1. The first-order valence-electron chi connectivity index (χ1n) is 11.8. The fourth-order valence-corrected chi connectivity index (χ4v) is 4.70. The van der Waals surface area contributed by atoms with Crippen LogP contribution >= 0.6 is 15.9 Å². The summed E-state index contributed by atoms with van der Waals surface area (Å²) in [6.45, 7) is 4.03. The monoisotopic (exact) mass is 556 g/mol. The van der Waals surface area contributed by atoms with Crippen molar-refractivity contribution in [3.63, 3.8) is 0 Å². The van der Waals surface area contributed by atoms with E-state index in [2.05, 4.69) is 21.2 Å². The Kier molecular flexibility index (Phi) is 6.92. The fourth-order valence-electron chi connectivity index (χ4n) is 4.30. The van der Waals surface area contributed by atoms with Gasteiger partial charge in [-0.3, -0.25) is 9.36 Å². The summed E-state index contributed by atoms with van der Waals surface area (Å²) in [5, 5.41) is 3.48. The first-order chi connectivity index (χ1) is 17.9. The number of furan rings is 1. The lowest BCUT2D eigenvalue weighted by atomic mass is 10.1. The number of benzene rings is 3. The van der Waals surface area contributed by atoms with Crippen molar-refractivity contribution in [2.75, 3.05) is 5.32 Å². The number of fused-ring (bicyclic) bond motifs is 1. The van der Waals surface area contributed by atoms with Crippen molar-refractivity contribution in [3.05, 3.63) is 123 Å². The van der Waals surface area contributed by atoms with Crippen molar-refractivity contribution in [2.45, 2.75) is 26.4 Å². The number of hydrogen-bond acceptors (Lipinski definition) is 4. The molecule has 0 radical (unpaired) electrons. The molecule has 0 aliphatic carbocycles. The smallest absolute Gasteiger partial charge is 0.322 e. The molecule has 7 nitrogen and oxygen atoms in total. The maximum absolute atomic E-state index is 13.8. The van der Waals surface area contributed by atoms with Gasteiger partial charge in [-0.25, -0.2) is 9.78 Å². The normalized spacial score (nSPS) is 11.9. The second-order valence-electron chi connectivity index (χ2n) is 8.79. The molecule has 3 aromatic carbocycles. The molecule has 1 unspecified atom stereocenters. The van der Waals surface area contributed by atoms with E-state index in [4.69, 9.17) is 9.40 Å². The molecular weight excluding hydrogens is 532 g/mol. The number of hydrogen-bond donors (Lipinski definition) is 1. The quantitative estimate of drug-likeness (QED) is 0.248. The summed E-state index contributed by atoms with van der Waals surface area (Å²) in [7, 11) is 0. The average Bonchev–Trinajstić information content (AvgIpc) is 3.40. The molecule has 2 amide bonds. The number of nitrogens with one attached hydrogen (secondary N) is 1. The lowest BCUT2D eigenvalue weighted by Crippen LogP contribution is -2.39. The molecule has 5 rings (SSSR count). The number of amides is 2. The summed E-state index contributed by atoms with van der Waals surface area (Å²) in [4.78, 5) is 34.0. The van der Waals surface area contributed by atoms with Crippen LogP contribution in [0.1, 0.15) is 30.1 Å². The SMILES string of the molecule is Cc1cccc(-n2c(C(C)N(Cc3ccco3)C(=O)Nc3cccc(Br)c3)nc3ccccc3c2=O)c1. The molecule has 0 fully saturated rings. The van der Waals surface area contributed by atoms with Crippen molar-refractivity contribution >= 4 is 38.6 Å². The van der Waals surface area contributed by atoms with E-state index in [1.165, 1.54) is 0 Å². The van der Waals surface area contributed by atoms with Crippen molar-refractivity contribution in [1.29, 1.82) is 0 Å². The third-order valence-corrected chi connectivity index (χ3v) is 6.64. The van der Waals surface area contributed by atoms with Gasteiger partial charge in [-0.05, 0) is 74.0 Å². The van der Waals surface area contributed by atoms with Gasteiger partial charge in [0.15, 0.2) is 0 Å². The van der Waals surface area contributed by atoms with E-state index in [0.29, 0.717) is 33.9 Å². The molecule has 2 aromatic heterocycles. The van der Waals surface area contributed by atoms with Gasteiger partial charge in [0.2, 0.25) is 0 Å². The molecule has 0 aliphatic rings. The second kappa shape index (κ2) is 10.4. The maximum atomic E-state index is 13.8. The summed E-state index contributed by atoms with van der Waals surface area (Å²) in [5.41, 5.74) is 2.72. The number of para-hydroxylation sites is 1. The number of anilines is 1. The van der Waals surface area contributed by atoms with Gasteiger partial charge in [-0.15, -0.1) is 0 Å². The minimum atomic E-state index is -0.588. The van der Waals surface area contributed by atoms with Crippen LogP contribution in [0, 0.1) is 6.92 Å². The van der Waals surface area contributed by atoms with Crippen LogP contribution in [0.2, 0.25) is 0 Å². The molecule has 5 aromatic rings. The maximum Gasteiger partial charge on any atom is 0.322 e. The van der Waals surface area contributed by atoms with E-state index >= 15 is 0 Å². The highest BCUT2D eigenvalue weighted by molar-refractivity contribution is 9.10. The zero-order chi connectivity index (χ0) is 25.9. The van der Waals surface area contributed by atoms with E-state index in [-0.39, 0.29) is 18.1 Å². The lowest BCUT2D eigenvalue weighted by molar-refractivity contribution is 0.179. The van der Waals surface area contributed by atoms with Crippen LogP contribution in [0.4, 0.5) is 10.5 Å². The highest BCUT2D eigenvalue weighted by Gasteiger charge is 2.28. The Bertz CT molecular complexity index is 1630. The number of aromatic nitrogens is 2. The number of rotatable bonds is 6. The summed E-state index contributed by atoms with van der Waals surface area (Å²) in [5.74, 6) is 1.06. The molecule has 2 heterocycles. The van der Waals surface area contributed by atoms with E-state index in [1.54, 1.807) is 27.9 Å². The molecule has 37 heavy (non-hydrogen) atoms. The number of halogens is 1. The first-order valence-corrected chi connectivity index (χ1v) is 12.6. The summed E-state index contributed by atoms with van der Waals surface area (Å²) in [6.07, 6.45) is 1.57. The Labute approximate surface area is 222 Å². The molecule has 186 valence electrons. The third-order valence-electron chi connectivity index (χ3n) is 6.15. The minimum Gasteiger partial charge on any atom is -0.467 e. The van der Waals surface area contributed by atoms with Gasteiger partial charge in [0.1, 0.15) is 11.6 Å². The molecule has 0 saturated carbocycles. The second-order valence-corrected chi connectivity index (χ2v) is 9.71. The minimum absolute atomic E-state index is 0.185. The summed E-state index contributed by atoms with van der Waals surface area (Å²) >= 11 is 3.45. The van der Waals surface area contributed by atoms with Crippen LogP contribution < -0.4 is 10.9 Å².